The minimum Gasteiger partial charge on any atom is -0.372 e. The summed E-state index contributed by atoms with van der Waals surface area (Å²) >= 11 is 0. The van der Waals surface area contributed by atoms with Crippen molar-refractivity contribution in [3.8, 4) is 67.3 Å². The zero-order valence-corrected chi connectivity index (χ0v) is 82.7. The number of rotatable bonds is 13. The normalized spacial score (nSPS) is 16.1. The Hall–Kier alpha value is -17.1. The minimum absolute atomic E-state index is 0.0452. The van der Waals surface area contributed by atoms with Crippen LogP contribution < -0.4 is 36.9 Å². The molecule has 14 aromatic heterocycles. The van der Waals surface area contributed by atoms with Crippen molar-refractivity contribution in [2.75, 3.05) is 67.1 Å². The predicted octanol–water partition coefficient (Wildman–Crippen LogP) is 23.3. The van der Waals surface area contributed by atoms with Crippen molar-refractivity contribution in [3.05, 3.63) is 399 Å². The number of aryl methyl sites for hydroxylation is 2. The van der Waals surface area contributed by atoms with Gasteiger partial charge in [0, 0.05) is 224 Å². The molecule has 0 N–H and O–H groups in total. The molecule has 0 spiro atoms. The second kappa shape index (κ2) is 40.6. The highest BCUT2D eigenvalue weighted by Gasteiger charge is 2.28. The third kappa shape index (κ3) is 19.4. The predicted molar refractivity (Wildman–Crippen MR) is 592 cm³/mol. The number of benzene rings is 8. The van der Waals surface area contributed by atoms with E-state index in [9.17, 15) is 19.2 Å². The average molecular weight is 1930 g/mol. The van der Waals surface area contributed by atoms with E-state index in [4.69, 9.17) is 24.4 Å². The monoisotopic (exact) mass is 1930 g/mol. The molecule has 4 unspecified atom stereocenters. The molecule has 0 bridgehead atoms. The van der Waals surface area contributed by atoms with E-state index in [2.05, 4.69) is 210 Å². The number of para-hydroxylation sites is 2. The zero-order valence-electron chi connectivity index (χ0n) is 82.7. The van der Waals surface area contributed by atoms with Gasteiger partial charge < -0.3 is 24.2 Å². The summed E-state index contributed by atoms with van der Waals surface area (Å²) in [4.78, 5) is 109. The maximum Gasteiger partial charge on any atom is 0.255 e. The lowest BCUT2D eigenvalue weighted by Crippen LogP contribution is -2.45. The van der Waals surface area contributed by atoms with Gasteiger partial charge >= 0.3 is 0 Å². The number of hydrogen-bond acceptors (Lipinski definition) is 20. The highest BCUT2D eigenvalue weighted by molar-refractivity contribution is 6.09. The number of anilines is 3. The number of piperidine rings is 2. The van der Waals surface area contributed by atoms with Gasteiger partial charge in [-0.25, -0.2) is 9.97 Å². The third-order valence-corrected chi connectivity index (χ3v) is 28.6. The van der Waals surface area contributed by atoms with Gasteiger partial charge in [0.25, 0.3) is 22.2 Å². The largest absolute Gasteiger partial charge is 0.372 e. The van der Waals surface area contributed by atoms with E-state index in [1.807, 2.05) is 200 Å². The first-order valence-corrected chi connectivity index (χ1v) is 50.6. The fraction of sp³-hybridized carbons (Fsp3) is 0.203. The van der Waals surface area contributed by atoms with E-state index in [1.165, 1.54) is 62.9 Å². The van der Waals surface area contributed by atoms with Gasteiger partial charge in [-0.15, -0.1) is 0 Å². The van der Waals surface area contributed by atoms with E-state index in [0.29, 0.717) is 5.69 Å². The topological polar surface area (TPSA) is 248 Å². The Morgan fingerprint density at radius 3 is 0.932 bits per heavy atom. The summed E-state index contributed by atoms with van der Waals surface area (Å²) < 4.78 is 18.8. The smallest absolute Gasteiger partial charge is 0.255 e. The second-order valence-electron chi connectivity index (χ2n) is 39.1. The minimum atomic E-state index is -0.115. The number of likely N-dealkylation sites (tertiary alicyclic amines) is 1. The van der Waals surface area contributed by atoms with Crippen LogP contribution in [0.25, 0.3) is 176 Å². The molecule has 4 aliphatic rings. The maximum absolute atomic E-state index is 13.3. The number of aromatic nitrogens is 14. The lowest BCUT2D eigenvalue weighted by atomic mass is 10.0. The molecular weight excluding hydrogens is 1830 g/mol. The van der Waals surface area contributed by atoms with Crippen LogP contribution >= 0.6 is 0 Å². The van der Waals surface area contributed by atoms with Crippen LogP contribution in [-0.2, 0) is 16.0 Å². The van der Waals surface area contributed by atoms with Gasteiger partial charge in [0.1, 0.15) is 11.6 Å². The summed E-state index contributed by atoms with van der Waals surface area (Å²) in [6.45, 7) is 20.9. The third-order valence-electron chi connectivity index (χ3n) is 28.6. The summed E-state index contributed by atoms with van der Waals surface area (Å²) in [6.07, 6.45) is 26.7. The summed E-state index contributed by atoms with van der Waals surface area (Å²) in [6, 6.07) is 92.0. The molecule has 24 heteroatoms. The summed E-state index contributed by atoms with van der Waals surface area (Å²) in [5.74, 6) is 1.77. The molecule has 0 aliphatic carbocycles. The molecule has 8 aromatic carbocycles. The van der Waals surface area contributed by atoms with Crippen LogP contribution in [0, 0.1) is 13.8 Å². The van der Waals surface area contributed by atoms with Crippen molar-refractivity contribution in [1.82, 2.24) is 73.0 Å². The average Bonchev–Trinajstić information content (AvgIpc) is 0.756. The molecule has 147 heavy (non-hydrogen) atoms. The molecule has 4 atom stereocenters. The summed E-state index contributed by atoms with van der Waals surface area (Å²) in [5, 5.41) is 9.53. The second-order valence-corrected chi connectivity index (χ2v) is 39.1. The van der Waals surface area contributed by atoms with Crippen molar-refractivity contribution >= 4 is 126 Å². The summed E-state index contributed by atoms with van der Waals surface area (Å²) in [5.41, 5.74) is 24.2. The van der Waals surface area contributed by atoms with Gasteiger partial charge in [-0.1, -0.05) is 91.3 Å². The molecule has 18 heterocycles. The molecule has 24 nitrogen and oxygen atoms in total. The van der Waals surface area contributed by atoms with E-state index in [-0.39, 0.29) is 46.7 Å². The van der Waals surface area contributed by atoms with Crippen LogP contribution in [0.4, 0.5) is 17.3 Å². The molecule has 4 saturated heterocycles. The zero-order chi connectivity index (χ0) is 99.9. The van der Waals surface area contributed by atoms with Gasteiger partial charge in [0.2, 0.25) is 0 Å². The maximum atomic E-state index is 13.3. The molecule has 22 aromatic rings. The molecule has 726 valence electrons. The molecule has 0 amide bonds. The highest BCUT2D eigenvalue weighted by atomic mass is 16.5. The quantitative estimate of drug-likeness (QED) is 0.0973. The Labute approximate surface area is 848 Å². The van der Waals surface area contributed by atoms with E-state index in [0.717, 1.165) is 239 Å². The van der Waals surface area contributed by atoms with Crippen LogP contribution in [0.1, 0.15) is 83.2 Å². The molecule has 0 saturated carbocycles. The van der Waals surface area contributed by atoms with Crippen LogP contribution in [-0.4, -0.2) is 150 Å². The fourth-order valence-corrected chi connectivity index (χ4v) is 21.3. The van der Waals surface area contributed by atoms with E-state index in [1.54, 1.807) is 45.8 Å². The lowest BCUT2D eigenvalue weighted by molar-refractivity contribution is -0.00572. The SMILES string of the molecule is CC1CN(c2ccc(-n3c(=O)ccc4cnc5ccc(-c6cnc7ccccc7c6)cc5c43)cn2)CC(C)O1.Cc1ccc(-c2ccc3ncc4ccc(=O)n(-c5ccc(CN6CCCCC6)cc5)c4c3c2)cn1.Cc1ccc(-c2ccc3ncc4ccc(=O)n(-c5ccc(N6CC(C)OC(C)C6)nc5)c4c3c2)cn1.O=c1ccc2cnc3ccc(-c4cnc5ccccc5c4)cc3c2n1-c1ccc(N2CCCCC2)cc1. The van der Waals surface area contributed by atoms with Crippen LogP contribution in [0.3, 0.4) is 0 Å². The van der Waals surface area contributed by atoms with Gasteiger partial charge in [0.15, 0.2) is 0 Å². The molecule has 4 aliphatic heterocycles. The molecule has 4 fully saturated rings. The fourth-order valence-electron chi connectivity index (χ4n) is 21.3. The Morgan fingerprint density at radius 2 is 0.571 bits per heavy atom. The standard InChI is InChI=1S/C32H27N5O2.C32H26N4O.C30H28N4O.C29H27N5O2/c1-20-18-36(19-21(2)39-20)30-11-9-26(17-35-30)37-31(38)12-8-24-15-34-29-10-7-22(14-27(29)32(24)37)25-13-23-5-3-4-6-28(23)33-16-25;37-31-15-9-24-20-34-30-14-8-22(25-18-23-6-2-3-7-29(23)33-21-25)19-28(30)32(24)36(31)27-12-10-26(11-13-27)35-16-4-1-5-17-35;1-21-5-8-24(18-31-21)23-9-13-28-27(17-23)30-25(19-32-28)10-14-29(35)34(30)26-11-6-22(7-12-26)20-33-15-3-2-4-16-33;1-18-4-5-22(13-30-18)21-6-9-26-25(12-21)29-23(14-31-26)7-11-28(35)34(29)24-8-10-27(32-15-24)33-16-19(2)36-20(3)17-33/h3-17,20-21H,18-19H2,1-2H3;2-3,6-15,18-21H,1,4-5,16-17H2;5-14,17-19H,2-4,15-16,20H2,1H3;4-15,19-20H,16-17H2,1-3H3. The van der Waals surface area contributed by atoms with Gasteiger partial charge in [0.05, 0.1) is 103 Å². The van der Waals surface area contributed by atoms with Gasteiger partial charge in [-0.3, -0.25) is 82.2 Å². The Kier molecular flexibility index (Phi) is 25.9. The van der Waals surface area contributed by atoms with Gasteiger partial charge in [-0.05, 0) is 284 Å². The van der Waals surface area contributed by atoms with Crippen LogP contribution in [0.5, 0.6) is 0 Å². The number of pyridine rings is 14. The number of morpholine rings is 2. The number of fused-ring (bicyclic) bond motifs is 14. The molecule has 26 rings (SSSR count). The van der Waals surface area contributed by atoms with Crippen molar-refractivity contribution in [3.63, 3.8) is 0 Å². The van der Waals surface area contributed by atoms with Crippen molar-refractivity contribution < 1.29 is 9.47 Å². The van der Waals surface area contributed by atoms with Crippen molar-refractivity contribution in [1.29, 1.82) is 0 Å². The number of nitrogens with zero attached hydrogens (tertiary/aromatic N) is 18. The number of hydrogen-bond donors (Lipinski definition) is 0. The van der Waals surface area contributed by atoms with Crippen LogP contribution in [0.15, 0.2) is 360 Å². The van der Waals surface area contributed by atoms with E-state index >= 15 is 0 Å². The highest BCUT2D eigenvalue weighted by Crippen LogP contribution is 2.38. The molecular formula is C123H108N18O6. The first-order valence-electron chi connectivity index (χ1n) is 50.6. The molecule has 0 radical (unpaired) electrons. The summed E-state index contributed by atoms with van der Waals surface area (Å²) in [7, 11) is 0. The Morgan fingerprint density at radius 1 is 0.252 bits per heavy atom. The number of ether oxygens (including phenoxy) is 2. The van der Waals surface area contributed by atoms with Crippen molar-refractivity contribution in [2.45, 2.75) is 111 Å². The van der Waals surface area contributed by atoms with E-state index < -0.39 is 0 Å². The lowest BCUT2D eigenvalue weighted by Gasteiger charge is -2.36. The first-order chi connectivity index (χ1) is 71.9. The Balaban J connectivity index is 0.000000108. The van der Waals surface area contributed by atoms with Gasteiger partial charge in [-0.2, -0.15) is 0 Å². The Bertz CT molecular complexity index is 9010. The first kappa shape index (κ1) is 93.6. The van der Waals surface area contributed by atoms with Crippen LogP contribution in [0.2, 0.25) is 0 Å². The van der Waals surface area contributed by atoms with Crippen molar-refractivity contribution in [2.24, 2.45) is 0 Å².